The van der Waals surface area contributed by atoms with Crippen LogP contribution in [-0.2, 0) is 11.3 Å². The lowest BCUT2D eigenvalue weighted by Gasteiger charge is -2.32. The molecule has 4 heterocycles. The highest BCUT2D eigenvalue weighted by molar-refractivity contribution is 7.15. The first-order valence-electron chi connectivity index (χ1n) is 8.74. The number of likely N-dealkylation sites (tertiary alicyclic amines) is 1. The maximum absolute atomic E-state index is 12.6. The van der Waals surface area contributed by atoms with E-state index in [1.54, 1.807) is 22.3 Å². The lowest BCUT2D eigenvalue weighted by Crippen LogP contribution is -2.39. The van der Waals surface area contributed by atoms with Crippen LogP contribution in [0.15, 0.2) is 24.2 Å². The number of nitrogens with zero attached hydrogens (tertiary/aromatic N) is 6. The van der Waals surface area contributed by atoms with E-state index in [1.165, 1.54) is 11.2 Å². The molecule has 8 heteroatoms. The van der Waals surface area contributed by atoms with Gasteiger partial charge in [-0.25, -0.2) is 9.97 Å². The van der Waals surface area contributed by atoms with Crippen molar-refractivity contribution >= 4 is 22.1 Å². The Hall–Kier alpha value is -2.22. The number of aryl methyl sites for hydroxylation is 2. The van der Waals surface area contributed by atoms with Gasteiger partial charge in [0.1, 0.15) is 23.3 Å². The molecule has 1 fully saturated rings. The minimum Gasteiger partial charge on any atom is -0.342 e. The van der Waals surface area contributed by atoms with Crippen LogP contribution in [0.2, 0.25) is 0 Å². The molecule has 0 aromatic carbocycles. The summed E-state index contributed by atoms with van der Waals surface area (Å²) < 4.78 is 3.92. The Labute approximate surface area is 150 Å². The van der Waals surface area contributed by atoms with Crippen molar-refractivity contribution in [2.24, 2.45) is 0 Å². The van der Waals surface area contributed by atoms with Gasteiger partial charge in [0.2, 0.25) is 5.91 Å². The van der Waals surface area contributed by atoms with Crippen LogP contribution in [0.5, 0.6) is 0 Å². The molecular weight excluding hydrogens is 336 g/mol. The second kappa shape index (κ2) is 6.95. The van der Waals surface area contributed by atoms with Crippen LogP contribution in [0.3, 0.4) is 0 Å². The van der Waals surface area contributed by atoms with Crippen molar-refractivity contribution in [3.05, 3.63) is 35.7 Å². The molecule has 0 saturated carbocycles. The van der Waals surface area contributed by atoms with Gasteiger partial charge in [-0.2, -0.15) is 5.10 Å². The van der Waals surface area contributed by atoms with Gasteiger partial charge in [-0.05, 0) is 26.2 Å². The molecule has 0 N–H and O–H groups in total. The highest BCUT2D eigenvalue weighted by Crippen LogP contribution is 2.32. The molecular formula is C17H22N6OS. The van der Waals surface area contributed by atoms with E-state index in [4.69, 9.17) is 4.98 Å². The third kappa shape index (κ3) is 3.30. The summed E-state index contributed by atoms with van der Waals surface area (Å²) >= 11 is 1.73. The van der Waals surface area contributed by atoms with Crippen molar-refractivity contribution in [1.82, 2.24) is 29.0 Å². The zero-order valence-electron chi connectivity index (χ0n) is 14.3. The maximum atomic E-state index is 12.6. The van der Waals surface area contributed by atoms with E-state index in [-0.39, 0.29) is 5.91 Å². The molecule has 4 rings (SSSR count). The van der Waals surface area contributed by atoms with Gasteiger partial charge in [0.05, 0.1) is 5.69 Å². The predicted molar refractivity (Wildman–Crippen MR) is 95.6 cm³/mol. The Morgan fingerprint density at radius 2 is 2.36 bits per heavy atom. The van der Waals surface area contributed by atoms with Crippen LogP contribution in [0.4, 0.5) is 0 Å². The number of aromatic nitrogens is 5. The number of piperidine rings is 1. The molecule has 0 spiro atoms. The maximum Gasteiger partial charge on any atom is 0.222 e. The summed E-state index contributed by atoms with van der Waals surface area (Å²) in [6, 6.07) is 0. The molecule has 25 heavy (non-hydrogen) atoms. The highest BCUT2D eigenvalue weighted by Gasteiger charge is 2.28. The van der Waals surface area contributed by atoms with Crippen molar-refractivity contribution in [2.45, 2.75) is 45.1 Å². The van der Waals surface area contributed by atoms with E-state index < -0.39 is 0 Å². The van der Waals surface area contributed by atoms with E-state index in [1.807, 2.05) is 11.8 Å². The molecule has 1 aliphatic rings. The van der Waals surface area contributed by atoms with E-state index in [0.717, 1.165) is 50.4 Å². The van der Waals surface area contributed by atoms with Gasteiger partial charge in [-0.1, -0.05) is 0 Å². The van der Waals surface area contributed by atoms with Crippen molar-refractivity contribution in [3.63, 3.8) is 0 Å². The van der Waals surface area contributed by atoms with Crippen molar-refractivity contribution in [2.75, 3.05) is 13.1 Å². The standard InChI is InChI=1S/C17H22N6OS/c1-13-20-16(17-23(13)8-9-25-17)14-4-2-6-21(10-14)15(24)5-3-7-22-12-18-11-19-22/h8-9,11-12,14H,2-7,10H2,1H3. The number of hydrogen-bond donors (Lipinski definition) is 0. The molecule has 1 atom stereocenters. The minimum absolute atomic E-state index is 0.239. The first kappa shape index (κ1) is 16.3. The Bertz CT molecular complexity index is 852. The molecule has 0 radical (unpaired) electrons. The normalized spacial score (nSPS) is 18.1. The van der Waals surface area contributed by atoms with Gasteiger partial charge in [0, 0.05) is 43.5 Å². The summed E-state index contributed by atoms with van der Waals surface area (Å²) in [6.07, 6.45) is 8.78. The number of carbonyl (C=O) groups excluding carboxylic acids is 1. The third-order valence-corrected chi connectivity index (χ3v) is 5.75. The van der Waals surface area contributed by atoms with Gasteiger partial charge in [-0.15, -0.1) is 11.3 Å². The monoisotopic (exact) mass is 358 g/mol. The number of hydrogen-bond acceptors (Lipinski definition) is 5. The van der Waals surface area contributed by atoms with Crippen LogP contribution in [0.1, 0.15) is 43.1 Å². The Balaban J connectivity index is 1.38. The topological polar surface area (TPSA) is 68.3 Å². The van der Waals surface area contributed by atoms with E-state index in [0.29, 0.717) is 12.3 Å². The van der Waals surface area contributed by atoms with Crippen LogP contribution in [-0.4, -0.2) is 48.0 Å². The quantitative estimate of drug-likeness (QED) is 0.703. The van der Waals surface area contributed by atoms with Crippen molar-refractivity contribution in [3.8, 4) is 0 Å². The van der Waals surface area contributed by atoms with E-state index in [2.05, 4.69) is 26.1 Å². The van der Waals surface area contributed by atoms with Gasteiger partial charge in [-0.3, -0.25) is 13.9 Å². The van der Waals surface area contributed by atoms with Gasteiger partial charge < -0.3 is 4.90 Å². The summed E-state index contributed by atoms with van der Waals surface area (Å²) in [5.74, 6) is 1.61. The molecule has 1 unspecified atom stereocenters. The van der Waals surface area contributed by atoms with Crippen LogP contribution < -0.4 is 0 Å². The van der Waals surface area contributed by atoms with Gasteiger partial charge in [0.15, 0.2) is 0 Å². The van der Waals surface area contributed by atoms with Crippen LogP contribution in [0.25, 0.3) is 4.83 Å². The fraction of sp³-hybridized carbons (Fsp3) is 0.529. The molecule has 1 aliphatic heterocycles. The summed E-state index contributed by atoms with van der Waals surface area (Å²) in [6.45, 7) is 4.42. The molecule has 132 valence electrons. The van der Waals surface area contributed by atoms with E-state index >= 15 is 0 Å². The van der Waals surface area contributed by atoms with Crippen molar-refractivity contribution < 1.29 is 4.79 Å². The second-order valence-corrected chi connectivity index (χ2v) is 7.46. The fourth-order valence-corrected chi connectivity index (χ4v) is 4.54. The minimum atomic E-state index is 0.239. The smallest absolute Gasteiger partial charge is 0.222 e. The molecule has 3 aromatic heterocycles. The average molecular weight is 358 g/mol. The van der Waals surface area contributed by atoms with E-state index in [9.17, 15) is 4.79 Å². The first-order chi connectivity index (χ1) is 12.2. The highest BCUT2D eigenvalue weighted by atomic mass is 32.1. The summed E-state index contributed by atoms with van der Waals surface area (Å²) in [7, 11) is 0. The number of thiazole rings is 1. The number of rotatable bonds is 5. The Morgan fingerprint density at radius 3 is 3.20 bits per heavy atom. The second-order valence-electron chi connectivity index (χ2n) is 6.56. The molecule has 1 saturated heterocycles. The summed E-state index contributed by atoms with van der Waals surface area (Å²) in [4.78, 5) is 24.5. The fourth-order valence-electron chi connectivity index (χ4n) is 3.59. The molecule has 7 nitrogen and oxygen atoms in total. The number of carbonyl (C=O) groups is 1. The molecule has 0 bridgehead atoms. The SMILES string of the molecule is Cc1nc(C2CCCN(C(=O)CCCn3cncn3)C2)c2sccn12. The Kier molecular flexibility index (Phi) is 4.52. The number of imidazole rings is 1. The zero-order chi connectivity index (χ0) is 17.2. The van der Waals surface area contributed by atoms with Gasteiger partial charge in [0.25, 0.3) is 0 Å². The predicted octanol–water partition coefficient (Wildman–Crippen LogP) is 2.48. The first-order valence-corrected chi connectivity index (χ1v) is 9.62. The molecule has 3 aromatic rings. The average Bonchev–Trinajstić information content (AvgIpc) is 3.35. The van der Waals surface area contributed by atoms with Crippen LogP contribution >= 0.6 is 11.3 Å². The van der Waals surface area contributed by atoms with Crippen molar-refractivity contribution in [1.29, 1.82) is 0 Å². The Morgan fingerprint density at radius 1 is 1.44 bits per heavy atom. The number of fused-ring (bicyclic) bond motifs is 1. The lowest BCUT2D eigenvalue weighted by molar-refractivity contribution is -0.132. The zero-order valence-corrected chi connectivity index (χ0v) is 15.2. The van der Waals surface area contributed by atoms with Crippen LogP contribution in [0, 0.1) is 6.92 Å². The molecule has 1 amide bonds. The summed E-state index contributed by atoms with van der Waals surface area (Å²) in [5.41, 5.74) is 1.16. The number of amides is 1. The largest absolute Gasteiger partial charge is 0.342 e. The molecule has 0 aliphatic carbocycles. The summed E-state index contributed by atoms with van der Waals surface area (Å²) in [5, 5.41) is 6.18. The van der Waals surface area contributed by atoms with Gasteiger partial charge >= 0.3 is 0 Å². The lowest BCUT2D eigenvalue weighted by atomic mass is 9.95. The third-order valence-electron chi connectivity index (χ3n) is 4.86.